The van der Waals surface area contributed by atoms with Crippen LogP contribution in [-0.4, -0.2) is 39.9 Å². The average molecular weight is 381 g/mol. The molecule has 1 aromatic carbocycles. The zero-order valence-electron chi connectivity index (χ0n) is 14.5. The molecule has 5 nitrogen and oxygen atoms in total. The maximum absolute atomic E-state index is 13.0. The largest absolute Gasteiger partial charge is 0.444 e. The third-order valence-electron chi connectivity index (χ3n) is 4.01. The van der Waals surface area contributed by atoms with Crippen molar-refractivity contribution in [3.63, 3.8) is 0 Å². The first-order valence-corrected chi connectivity index (χ1v) is 9.54. The summed E-state index contributed by atoms with van der Waals surface area (Å²) in [6.07, 6.45) is 1.96. The number of piperidine rings is 1. The number of para-hydroxylation sites is 1. The number of ether oxygens (including phenoxy) is 1. The van der Waals surface area contributed by atoms with Crippen molar-refractivity contribution in [2.75, 3.05) is 6.54 Å². The normalized spacial score (nSPS) is 18.4. The smallest absolute Gasteiger partial charge is 0.410 e. The number of amides is 1. The van der Waals surface area contributed by atoms with E-state index in [-0.39, 0.29) is 5.78 Å². The Hall–Kier alpha value is -1.66. The molecule has 2 heterocycles. The molecule has 1 atom stereocenters. The molecule has 1 fully saturated rings. The summed E-state index contributed by atoms with van der Waals surface area (Å²) >= 11 is 7.48. The topological polar surface area (TPSA) is 59.5 Å². The van der Waals surface area contributed by atoms with Gasteiger partial charge >= 0.3 is 6.09 Å². The molecule has 1 aromatic heterocycles. The second-order valence-electron chi connectivity index (χ2n) is 7.16. The Bertz CT molecular complexity index is 812. The van der Waals surface area contributed by atoms with Crippen molar-refractivity contribution >= 4 is 45.0 Å². The van der Waals surface area contributed by atoms with Gasteiger partial charge in [-0.05, 0) is 52.2 Å². The van der Waals surface area contributed by atoms with Gasteiger partial charge < -0.3 is 4.74 Å². The molecule has 0 radical (unpaired) electrons. The van der Waals surface area contributed by atoms with Crippen LogP contribution < -0.4 is 0 Å². The van der Waals surface area contributed by atoms with Gasteiger partial charge in [-0.15, -0.1) is 11.3 Å². The summed E-state index contributed by atoms with van der Waals surface area (Å²) in [6, 6.07) is 4.96. The van der Waals surface area contributed by atoms with Crippen LogP contribution in [0, 0.1) is 0 Å². The van der Waals surface area contributed by atoms with Gasteiger partial charge in [0.1, 0.15) is 17.2 Å². The van der Waals surface area contributed by atoms with Gasteiger partial charge in [0.15, 0.2) is 5.01 Å². The number of nitrogens with zero attached hydrogens (tertiary/aromatic N) is 2. The molecule has 1 aliphatic rings. The number of carbonyl (C=O) groups excluding carboxylic acids is 2. The maximum atomic E-state index is 13.0. The molecule has 0 saturated carbocycles. The van der Waals surface area contributed by atoms with Crippen LogP contribution in [0.15, 0.2) is 18.2 Å². The monoisotopic (exact) mass is 380 g/mol. The van der Waals surface area contributed by atoms with Crippen LogP contribution in [0.3, 0.4) is 0 Å². The third kappa shape index (κ3) is 3.96. The van der Waals surface area contributed by atoms with Crippen molar-refractivity contribution in [3.8, 4) is 0 Å². The van der Waals surface area contributed by atoms with Gasteiger partial charge in [-0.25, -0.2) is 9.78 Å². The van der Waals surface area contributed by atoms with E-state index in [0.717, 1.165) is 17.5 Å². The highest BCUT2D eigenvalue weighted by Crippen LogP contribution is 2.30. The molecule has 25 heavy (non-hydrogen) atoms. The van der Waals surface area contributed by atoms with Crippen LogP contribution in [0.1, 0.15) is 49.8 Å². The number of rotatable bonds is 2. The SMILES string of the molecule is CC(C)(C)OC(=O)N1CCCCC1C(=O)c1nc2c(Cl)cccc2s1. The van der Waals surface area contributed by atoms with E-state index in [2.05, 4.69) is 4.98 Å². The predicted molar refractivity (Wildman–Crippen MR) is 99.5 cm³/mol. The number of halogens is 1. The fourth-order valence-corrected chi connectivity index (χ4v) is 4.16. The first kappa shape index (κ1) is 18.1. The first-order valence-electron chi connectivity index (χ1n) is 8.35. The molecule has 0 spiro atoms. The van der Waals surface area contributed by atoms with Crippen molar-refractivity contribution in [2.24, 2.45) is 0 Å². The Morgan fingerprint density at radius 3 is 2.76 bits per heavy atom. The number of hydrogen-bond acceptors (Lipinski definition) is 5. The lowest BCUT2D eigenvalue weighted by molar-refractivity contribution is 0.0105. The Labute approximate surface area is 155 Å². The van der Waals surface area contributed by atoms with E-state index in [1.807, 2.05) is 32.9 Å². The van der Waals surface area contributed by atoms with Gasteiger partial charge in [0.2, 0.25) is 5.78 Å². The minimum Gasteiger partial charge on any atom is -0.444 e. The molecule has 1 unspecified atom stereocenters. The molecule has 134 valence electrons. The summed E-state index contributed by atoms with van der Waals surface area (Å²) in [5.41, 5.74) is 0.0445. The third-order valence-corrected chi connectivity index (χ3v) is 5.35. The second-order valence-corrected chi connectivity index (χ2v) is 8.59. The summed E-state index contributed by atoms with van der Waals surface area (Å²) in [6.45, 7) is 5.99. The minimum atomic E-state index is -0.592. The second kappa shape index (κ2) is 6.92. The summed E-state index contributed by atoms with van der Waals surface area (Å²) in [5.74, 6) is -0.136. The highest BCUT2D eigenvalue weighted by atomic mass is 35.5. The van der Waals surface area contributed by atoms with Crippen molar-refractivity contribution < 1.29 is 14.3 Å². The van der Waals surface area contributed by atoms with Gasteiger partial charge in [0.25, 0.3) is 0 Å². The predicted octanol–water partition coefficient (Wildman–Crippen LogP) is 4.92. The zero-order valence-corrected chi connectivity index (χ0v) is 16.1. The Morgan fingerprint density at radius 1 is 1.32 bits per heavy atom. The lowest BCUT2D eigenvalue weighted by Gasteiger charge is -2.35. The standard InChI is InChI=1S/C18H21ClN2O3S/c1-18(2,3)24-17(23)21-10-5-4-8-12(21)15(22)16-20-14-11(19)7-6-9-13(14)25-16/h6-7,9,12H,4-5,8,10H2,1-3H3. The number of benzene rings is 1. The van der Waals surface area contributed by atoms with E-state index in [9.17, 15) is 9.59 Å². The molecular formula is C18H21ClN2O3S. The number of Topliss-reactive ketones (excluding diaryl/α,β-unsaturated/α-hetero) is 1. The van der Waals surface area contributed by atoms with E-state index in [0.29, 0.717) is 28.5 Å². The van der Waals surface area contributed by atoms with Crippen molar-refractivity contribution in [3.05, 3.63) is 28.2 Å². The molecule has 0 N–H and O–H groups in total. The highest BCUT2D eigenvalue weighted by Gasteiger charge is 2.36. The molecule has 0 aliphatic carbocycles. The summed E-state index contributed by atoms with van der Waals surface area (Å²) in [7, 11) is 0. The maximum Gasteiger partial charge on any atom is 0.410 e. The molecule has 0 bridgehead atoms. The Morgan fingerprint density at radius 2 is 2.08 bits per heavy atom. The quantitative estimate of drug-likeness (QED) is 0.693. The zero-order chi connectivity index (χ0) is 18.2. The van der Waals surface area contributed by atoms with Crippen LogP contribution >= 0.6 is 22.9 Å². The van der Waals surface area contributed by atoms with Crippen LogP contribution in [0.5, 0.6) is 0 Å². The molecule has 1 saturated heterocycles. The molecule has 3 rings (SSSR count). The minimum absolute atomic E-state index is 0.136. The van der Waals surface area contributed by atoms with Gasteiger partial charge in [0, 0.05) is 6.54 Å². The molecule has 1 amide bonds. The van der Waals surface area contributed by atoms with Crippen LogP contribution in [-0.2, 0) is 4.74 Å². The van der Waals surface area contributed by atoms with E-state index < -0.39 is 17.7 Å². The van der Waals surface area contributed by atoms with E-state index >= 15 is 0 Å². The number of thiazole rings is 1. The average Bonchev–Trinajstić information content (AvgIpc) is 2.98. The fraction of sp³-hybridized carbons (Fsp3) is 0.500. The summed E-state index contributed by atoms with van der Waals surface area (Å²) < 4.78 is 6.34. The highest BCUT2D eigenvalue weighted by molar-refractivity contribution is 7.20. The van der Waals surface area contributed by atoms with Gasteiger partial charge in [-0.3, -0.25) is 9.69 Å². The molecular weight excluding hydrogens is 360 g/mol. The lowest BCUT2D eigenvalue weighted by Crippen LogP contribution is -2.49. The van der Waals surface area contributed by atoms with Gasteiger partial charge in [-0.2, -0.15) is 0 Å². The number of hydrogen-bond donors (Lipinski definition) is 0. The van der Waals surface area contributed by atoms with Crippen LogP contribution in [0.25, 0.3) is 10.2 Å². The fourth-order valence-electron chi connectivity index (χ4n) is 2.91. The summed E-state index contributed by atoms with van der Waals surface area (Å²) in [4.78, 5) is 31.5. The van der Waals surface area contributed by atoms with Crippen molar-refractivity contribution in [2.45, 2.75) is 51.7 Å². The Balaban J connectivity index is 1.87. The van der Waals surface area contributed by atoms with Crippen LogP contribution in [0.4, 0.5) is 4.79 Å². The molecule has 2 aromatic rings. The number of likely N-dealkylation sites (tertiary alicyclic amines) is 1. The number of fused-ring (bicyclic) bond motifs is 1. The number of carbonyl (C=O) groups is 2. The van der Waals surface area contributed by atoms with E-state index in [1.54, 1.807) is 11.0 Å². The van der Waals surface area contributed by atoms with Crippen LogP contribution in [0.2, 0.25) is 5.02 Å². The molecule has 1 aliphatic heterocycles. The van der Waals surface area contributed by atoms with Crippen molar-refractivity contribution in [1.82, 2.24) is 9.88 Å². The van der Waals surface area contributed by atoms with Crippen molar-refractivity contribution in [1.29, 1.82) is 0 Å². The van der Waals surface area contributed by atoms with Gasteiger partial charge in [-0.1, -0.05) is 17.7 Å². The van der Waals surface area contributed by atoms with E-state index in [1.165, 1.54) is 11.3 Å². The lowest BCUT2D eigenvalue weighted by atomic mass is 9.99. The van der Waals surface area contributed by atoms with E-state index in [4.69, 9.17) is 16.3 Å². The summed E-state index contributed by atoms with van der Waals surface area (Å²) in [5, 5.41) is 0.920. The van der Waals surface area contributed by atoms with Gasteiger partial charge in [0.05, 0.1) is 9.72 Å². The molecule has 7 heteroatoms. The first-order chi connectivity index (χ1) is 11.8. The number of aromatic nitrogens is 1. The number of ketones is 1. The Kier molecular flexibility index (Phi) is 5.02.